The second kappa shape index (κ2) is 5.80. The van der Waals surface area contributed by atoms with Crippen LogP contribution in [0.3, 0.4) is 0 Å². The first-order chi connectivity index (χ1) is 9.93. The first-order valence-corrected chi connectivity index (χ1v) is 6.81. The highest BCUT2D eigenvalue weighted by molar-refractivity contribution is 5.79. The molecule has 0 aliphatic carbocycles. The van der Waals surface area contributed by atoms with Crippen molar-refractivity contribution in [2.75, 3.05) is 10.6 Å². The van der Waals surface area contributed by atoms with Gasteiger partial charge in [0, 0.05) is 11.7 Å². The van der Waals surface area contributed by atoms with Crippen molar-refractivity contribution < 1.29 is 0 Å². The van der Waals surface area contributed by atoms with Crippen LogP contribution in [-0.2, 0) is 0 Å². The Balaban J connectivity index is 2.21. The van der Waals surface area contributed by atoms with Gasteiger partial charge in [-0.05, 0) is 37.1 Å². The highest BCUT2D eigenvalue weighted by Gasteiger charge is 2.23. The molecule has 1 unspecified atom stereocenters. The van der Waals surface area contributed by atoms with Gasteiger partial charge >= 0.3 is 0 Å². The van der Waals surface area contributed by atoms with Crippen LogP contribution in [0, 0.1) is 17.2 Å². The molecule has 5 heteroatoms. The van der Waals surface area contributed by atoms with Gasteiger partial charge in [-0.3, -0.25) is 9.59 Å². The molecular weight excluding hydrogens is 266 g/mol. The minimum absolute atomic E-state index is 0.0924. The molecule has 0 radical (unpaired) electrons. The van der Waals surface area contributed by atoms with Gasteiger partial charge in [0.2, 0.25) is 0 Å². The quantitative estimate of drug-likeness (QED) is 0.823. The molecule has 0 saturated carbocycles. The number of rotatable bonds is 5. The van der Waals surface area contributed by atoms with Crippen molar-refractivity contribution in [3.63, 3.8) is 0 Å². The Labute approximate surface area is 122 Å². The molecule has 1 atom stereocenters. The summed E-state index contributed by atoms with van der Waals surface area (Å²) >= 11 is 0. The highest BCUT2D eigenvalue weighted by atomic mass is 16.2. The Kier molecular flexibility index (Phi) is 4.08. The summed E-state index contributed by atoms with van der Waals surface area (Å²) in [6.07, 6.45) is 0. The van der Waals surface area contributed by atoms with Crippen molar-refractivity contribution in [3.05, 3.63) is 50.3 Å². The molecule has 21 heavy (non-hydrogen) atoms. The van der Waals surface area contributed by atoms with E-state index in [4.69, 9.17) is 5.26 Å². The largest absolute Gasteiger partial charge is 0.377 e. The van der Waals surface area contributed by atoms with Crippen molar-refractivity contribution in [1.29, 1.82) is 5.26 Å². The van der Waals surface area contributed by atoms with Crippen molar-refractivity contribution in [1.82, 2.24) is 0 Å². The zero-order valence-corrected chi connectivity index (χ0v) is 12.2. The number of nitrogens with one attached hydrogen (secondary N) is 2. The van der Waals surface area contributed by atoms with E-state index in [2.05, 4.69) is 10.6 Å². The van der Waals surface area contributed by atoms with Gasteiger partial charge in [-0.2, -0.15) is 5.26 Å². The van der Waals surface area contributed by atoms with Crippen LogP contribution in [0.5, 0.6) is 0 Å². The fourth-order valence-corrected chi connectivity index (χ4v) is 1.82. The SMILES string of the molecule is CC(C)C(C)Nc1c(Nc2ccc(C#N)cc2)c(=O)c1=O. The predicted molar refractivity (Wildman–Crippen MR) is 83.7 cm³/mol. The number of benzene rings is 1. The molecule has 0 aromatic heterocycles. The zero-order valence-electron chi connectivity index (χ0n) is 12.2. The molecule has 0 heterocycles. The van der Waals surface area contributed by atoms with Gasteiger partial charge in [-0.15, -0.1) is 0 Å². The van der Waals surface area contributed by atoms with Gasteiger partial charge < -0.3 is 10.6 Å². The number of hydrogen-bond donors (Lipinski definition) is 2. The Bertz CT molecular complexity index is 747. The highest BCUT2D eigenvalue weighted by Crippen LogP contribution is 2.22. The summed E-state index contributed by atoms with van der Waals surface area (Å²) in [4.78, 5) is 23.4. The summed E-state index contributed by atoms with van der Waals surface area (Å²) in [5, 5.41) is 14.8. The number of anilines is 3. The Hall–Kier alpha value is -2.61. The van der Waals surface area contributed by atoms with Crippen LogP contribution in [0.2, 0.25) is 0 Å². The summed E-state index contributed by atoms with van der Waals surface area (Å²) in [5.41, 5.74) is 0.831. The lowest BCUT2D eigenvalue weighted by Gasteiger charge is -2.22. The molecule has 0 aliphatic heterocycles. The van der Waals surface area contributed by atoms with E-state index in [0.717, 1.165) is 0 Å². The van der Waals surface area contributed by atoms with Crippen LogP contribution in [0.4, 0.5) is 17.1 Å². The number of nitrogens with zero attached hydrogens (tertiary/aromatic N) is 1. The summed E-state index contributed by atoms with van der Waals surface area (Å²) < 4.78 is 0. The monoisotopic (exact) mass is 283 g/mol. The molecule has 0 fully saturated rings. The summed E-state index contributed by atoms with van der Waals surface area (Å²) in [7, 11) is 0. The molecule has 0 spiro atoms. The molecule has 2 aromatic carbocycles. The van der Waals surface area contributed by atoms with Gasteiger partial charge in [0.05, 0.1) is 11.6 Å². The summed E-state index contributed by atoms with van der Waals surface area (Å²) in [6.45, 7) is 6.04. The molecule has 0 aliphatic rings. The third kappa shape index (κ3) is 2.95. The van der Waals surface area contributed by atoms with Crippen LogP contribution in [-0.4, -0.2) is 6.04 Å². The first kappa shape index (κ1) is 14.8. The molecular formula is C16H17N3O2. The van der Waals surface area contributed by atoms with E-state index in [1.807, 2.05) is 26.8 Å². The minimum Gasteiger partial charge on any atom is -0.377 e. The standard InChI is InChI=1S/C16H17N3O2/c1-9(2)10(3)18-13-14(16(21)15(13)20)19-12-6-4-11(8-17)5-7-12/h4-7,9-10,18-19H,1-3H3. The van der Waals surface area contributed by atoms with E-state index in [1.165, 1.54) is 0 Å². The molecule has 2 N–H and O–H groups in total. The average molecular weight is 283 g/mol. The smallest absolute Gasteiger partial charge is 0.253 e. The lowest BCUT2D eigenvalue weighted by molar-refractivity contribution is 0.559. The van der Waals surface area contributed by atoms with Crippen molar-refractivity contribution >= 4 is 17.1 Å². The molecule has 0 saturated heterocycles. The maximum atomic E-state index is 11.7. The number of hydrogen-bond acceptors (Lipinski definition) is 5. The molecule has 0 amide bonds. The second-order valence-corrected chi connectivity index (χ2v) is 5.40. The second-order valence-electron chi connectivity index (χ2n) is 5.40. The van der Waals surface area contributed by atoms with E-state index >= 15 is 0 Å². The van der Waals surface area contributed by atoms with Gasteiger partial charge in [0.25, 0.3) is 10.9 Å². The molecule has 108 valence electrons. The molecule has 2 rings (SSSR count). The lowest BCUT2D eigenvalue weighted by Crippen LogP contribution is -2.39. The Morgan fingerprint density at radius 2 is 1.57 bits per heavy atom. The van der Waals surface area contributed by atoms with E-state index in [-0.39, 0.29) is 11.7 Å². The lowest BCUT2D eigenvalue weighted by atomic mass is 10.0. The fourth-order valence-electron chi connectivity index (χ4n) is 1.82. The van der Waals surface area contributed by atoms with Crippen molar-refractivity contribution in [2.24, 2.45) is 5.92 Å². The predicted octanol–water partition coefficient (Wildman–Crippen LogP) is 2.35. The third-order valence-corrected chi connectivity index (χ3v) is 3.57. The first-order valence-electron chi connectivity index (χ1n) is 6.81. The van der Waals surface area contributed by atoms with Gasteiger partial charge in [-0.25, -0.2) is 0 Å². The van der Waals surface area contributed by atoms with E-state index in [1.54, 1.807) is 24.3 Å². The average Bonchev–Trinajstić information content (AvgIpc) is 2.50. The van der Waals surface area contributed by atoms with Gasteiger partial charge in [0.15, 0.2) is 0 Å². The van der Waals surface area contributed by atoms with Crippen LogP contribution < -0.4 is 21.5 Å². The number of nitriles is 1. The zero-order chi connectivity index (χ0) is 15.6. The molecule has 2 aromatic rings. The van der Waals surface area contributed by atoms with Crippen LogP contribution >= 0.6 is 0 Å². The van der Waals surface area contributed by atoms with Gasteiger partial charge in [-0.1, -0.05) is 13.8 Å². The van der Waals surface area contributed by atoms with Crippen LogP contribution in [0.1, 0.15) is 26.3 Å². The minimum atomic E-state index is -0.516. The van der Waals surface area contributed by atoms with E-state index in [0.29, 0.717) is 22.9 Å². The normalized spacial score (nSPS) is 12.1. The summed E-state index contributed by atoms with van der Waals surface area (Å²) in [6, 6.07) is 8.82. The van der Waals surface area contributed by atoms with Crippen LogP contribution in [0.25, 0.3) is 0 Å². The van der Waals surface area contributed by atoms with E-state index < -0.39 is 10.9 Å². The topological polar surface area (TPSA) is 82.0 Å². The van der Waals surface area contributed by atoms with Crippen molar-refractivity contribution in [2.45, 2.75) is 26.8 Å². The maximum Gasteiger partial charge on any atom is 0.253 e. The molecule has 0 bridgehead atoms. The Morgan fingerprint density at radius 3 is 2.10 bits per heavy atom. The third-order valence-electron chi connectivity index (χ3n) is 3.57. The van der Waals surface area contributed by atoms with Crippen molar-refractivity contribution in [3.8, 4) is 6.07 Å². The fraction of sp³-hybridized carbons (Fsp3) is 0.312. The van der Waals surface area contributed by atoms with E-state index in [9.17, 15) is 9.59 Å². The summed E-state index contributed by atoms with van der Waals surface area (Å²) in [5.74, 6) is 0.345. The maximum absolute atomic E-state index is 11.7. The van der Waals surface area contributed by atoms with Gasteiger partial charge in [0.1, 0.15) is 11.4 Å². The molecule has 5 nitrogen and oxygen atoms in total. The van der Waals surface area contributed by atoms with Crippen LogP contribution in [0.15, 0.2) is 33.9 Å². The Morgan fingerprint density at radius 1 is 1.00 bits per heavy atom.